The monoisotopic (exact) mass is 396 g/mol. The molecule has 1 unspecified atom stereocenters. The molecule has 148 valence electrons. The summed E-state index contributed by atoms with van der Waals surface area (Å²) < 4.78 is 75.8. The second kappa shape index (κ2) is 6.79. The van der Waals surface area contributed by atoms with Crippen molar-refractivity contribution in [2.24, 2.45) is 5.92 Å². The minimum absolute atomic E-state index is 0.172. The van der Waals surface area contributed by atoms with Crippen LogP contribution in [-0.4, -0.2) is 6.36 Å². The maximum absolute atomic E-state index is 15.1. The van der Waals surface area contributed by atoms with Crippen LogP contribution in [0.3, 0.4) is 0 Å². The Morgan fingerprint density at radius 2 is 1.71 bits per heavy atom. The first-order chi connectivity index (χ1) is 13.3. The lowest BCUT2D eigenvalue weighted by molar-refractivity contribution is -0.275. The normalized spacial score (nSPS) is 17.9. The third-order valence-corrected chi connectivity index (χ3v) is 5.32. The first-order valence-electron chi connectivity index (χ1n) is 9.07. The molecule has 1 aliphatic rings. The van der Waals surface area contributed by atoms with Gasteiger partial charge in [-0.3, -0.25) is 0 Å². The van der Waals surface area contributed by atoms with Gasteiger partial charge in [0.1, 0.15) is 0 Å². The summed E-state index contributed by atoms with van der Waals surface area (Å²) in [5.74, 6) is -2.37. The third kappa shape index (κ3) is 3.23. The van der Waals surface area contributed by atoms with Crippen LogP contribution in [0.25, 0.3) is 27.5 Å². The fourth-order valence-corrected chi connectivity index (χ4v) is 3.78. The molecule has 0 aliphatic heterocycles. The summed E-state index contributed by atoms with van der Waals surface area (Å²) in [7, 11) is 0. The molecule has 1 atom stereocenters. The van der Waals surface area contributed by atoms with Gasteiger partial charge in [0.25, 0.3) is 0 Å². The van der Waals surface area contributed by atoms with Crippen molar-refractivity contribution in [1.29, 1.82) is 0 Å². The van der Waals surface area contributed by atoms with Crippen molar-refractivity contribution >= 4 is 27.5 Å². The Balaban J connectivity index is 1.82. The van der Waals surface area contributed by atoms with Gasteiger partial charge in [-0.25, -0.2) is 4.39 Å². The quantitative estimate of drug-likeness (QED) is 0.432. The average molecular weight is 396 g/mol. The SMILES string of the molecule is CCC1CC=C(c2ccc3c(oc4c(F)c(OC(F)(F)F)ccc43)c2F)CC1. The number of hydrogen-bond acceptors (Lipinski definition) is 2. The number of furan rings is 1. The van der Waals surface area contributed by atoms with E-state index in [-0.39, 0.29) is 11.0 Å². The highest BCUT2D eigenvalue weighted by molar-refractivity contribution is 6.06. The third-order valence-electron chi connectivity index (χ3n) is 5.32. The molecule has 2 aromatic carbocycles. The van der Waals surface area contributed by atoms with Gasteiger partial charge < -0.3 is 9.15 Å². The fourth-order valence-electron chi connectivity index (χ4n) is 3.78. The number of halogens is 5. The molecule has 1 heterocycles. The van der Waals surface area contributed by atoms with Crippen molar-refractivity contribution < 1.29 is 31.1 Å². The van der Waals surface area contributed by atoms with Crippen LogP contribution in [0.5, 0.6) is 5.75 Å². The lowest BCUT2D eigenvalue weighted by Gasteiger charge is -2.21. The maximum atomic E-state index is 15.1. The molecule has 4 rings (SSSR count). The minimum atomic E-state index is -5.04. The topological polar surface area (TPSA) is 22.4 Å². The average Bonchev–Trinajstić information content (AvgIpc) is 3.04. The van der Waals surface area contributed by atoms with Crippen LogP contribution < -0.4 is 4.74 Å². The van der Waals surface area contributed by atoms with Gasteiger partial charge in [-0.15, -0.1) is 13.2 Å². The van der Waals surface area contributed by atoms with Gasteiger partial charge in [0.2, 0.25) is 5.82 Å². The molecule has 1 aliphatic carbocycles. The fraction of sp³-hybridized carbons (Fsp3) is 0.333. The lowest BCUT2D eigenvalue weighted by atomic mass is 9.85. The van der Waals surface area contributed by atoms with Crippen molar-refractivity contribution in [2.75, 3.05) is 0 Å². The molecule has 0 radical (unpaired) electrons. The van der Waals surface area contributed by atoms with Crippen molar-refractivity contribution in [3.63, 3.8) is 0 Å². The van der Waals surface area contributed by atoms with E-state index in [4.69, 9.17) is 4.42 Å². The second-order valence-electron chi connectivity index (χ2n) is 6.99. The number of hydrogen-bond donors (Lipinski definition) is 0. The Bertz CT molecular complexity index is 1080. The first-order valence-corrected chi connectivity index (χ1v) is 9.07. The van der Waals surface area contributed by atoms with E-state index < -0.39 is 29.3 Å². The number of ether oxygens (including phenoxy) is 1. The molecule has 0 saturated heterocycles. The van der Waals surface area contributed by atoms with Crippen molar-refractivity contribution in [2.45, 2.75) is 39.0 Å². The number of benzene rings is 2. The zero-order valence-electron chi connectivity index (χ0n) is 15.0. The number of allylic oxidation sites excluding steroid dienone is 2. The molecule has 1 aromatic heterocycles. The van der Waals surface area contributed by atoms with Crippen LogP contribution in [0.2, 0.25) is 0 Å². The van der Waals surface area contributed by atoms with E-state index in [9.17, 15) is 17.6 Å². The van der Waals surface area contributed by atoms with Crippen LogP contribution in [0.1, 0.15) is 38.2 Å². The molecule has 2 nitrogen and oxygen atoms in total. The van der Waals surface area contributed by atoms with Crippen molar-refractivity contribution in [3.8, 4) is 5.75 Å². The molecule has 0 saturated carbocycles. The van der Waals surface area contributed by atoms with Gasteiger partial charge in [-0.05, 0) is 49.0 Å². The molecule has 0 spiro atoms. The van der Waals surface area contributed by atoms with Gasteiger partial charge in [-0.2, -0.15) is 4.39 Å². The molecule has 7 heteroatoms. The summed E-state index contributed by atoms with van der Waals surface area (Å²) in [5, 5.41) is 0.493. The molecule has 0 amide bonds. The van der Waals surface area contributed by atoms with Gasteiger partial charge >= 0.3 is 6.36 Å². The predicted octanol–water partition coefficient (Wildman–Crippen LogP) is 7.36. The summed E-state index contributed by atoms with van der Waals surface area (Å²) in [5.41, 5.74) is 0.616. The van der Waals surface area contributed by atoms with Crippen LogP contribution in [0, 0.1) is 17.6 Å². The highest BCUT2D eigenvalue weighted by Crippen LogP contribution is 2.40. The van der Waals surface area contributed by atoms with Crippen LogP contribution in [0.15, 0.2) is 34.8 Å². The summed E-state index contributed by atoms with van der Waals surface area (Å²) in [4.78, 5) is 0. The number of rotatable bonds is 3. The highest BCUT2D eigenvalue weighted by Gasteiger charge is 2.33. The molecular weight excluding hydrogens is 379 g/mol. The molecule has 0 bridgehead atoms. The predicted molar refractivity (Wildman–Crippen MR) is 95.9 cm³/mol. The van der Waals surface area contributed by atoms with E-state index >= 15 is 4.39 Å². The Hall–Kier alpha value is -2.57. The van der Waals surface area contributed by atoms with E-state index in [1.54, 1.807) is 12.1 Å². The Labute approximate surface area is 157 Å². The van der Waals surface area contributed by atoms with Gasteiger partial charge in [0, 0.05) is 16.3 Å². The summed E-state index contributed by atoms with van der Waals surface area (Å²) >= 11 is 0. The smallest absolute Gasteiger partial charge is 0.450 e. The van der Waals surface area contributed by atoms with Crippen LogP contribution in [-0.2, 0) is 0 Å². The van der Waals surface area contributed by atoms with E-state index in [1.165, 1.54) is 6.07 Å². The molecule has 0 fully saturated rings. The Morgan fingerprint density at radius 1 is 1.04 bits per heavy atom. The molecule has 3 aromatic rings. The van der Waals surface area contributed by atoms with Crippen molar-refractivity contribution in [1.82, 2.24) is 0 Å². The summed E-state index contributed by atoms with van der Waals surface area (Å²) in [6, 6.07) is 5.31. The van der Waals surface area contributed by atoms with E-state index in [0.717, 1.165) is 37.3 Å². The largest absolute Gasteiger partial charge is 0.573 e. The zero-order chi connectivity index (χ0) is 20.1. The lowest BCUT2D eigenvalue weighted by Crippen LogP contribution is -2.17. The van der Waals surface area contributed by atoms with Crippen molar-refractivity contribution in [3.05, 3.63) is 47.5 Å². The highest BCUT2D eigenvalue weighted by atomic mass is 19.4. The first kappa shape index (κ1) is 18.8. The van der Waals surface area contributed by atoms with Gasteiger partial charge in [0.15, 0.2) is 22.7 Å². The van der Waals surface area contributed by atoms with Crippen LogP contribution >= 0.6 is 0 Å². The van der Waals surface area contributed by atoms with Gasteiger partial charge in [-0.1, -0.05) is 25.5 Å². The standard InChI is InChI=1S/C21H17F5O2/c1-2-11-3-5-12(6-4-11)13-7-8-14-15-9-10-16(28-21(24,25)26)18(23)20(15)27-19(14)17(13)22/h5,7-11H,2-4,6H2,1H3. The number of fused-ring (bicyclic) bond motifs is 3. The maximum Gasteiger partial charge on any atom is 0.573 e. The zero-order valence-corrected chi connectivity index (χ0v) is 15.0. The Kier molecular flexibility index (Phi) is 4.56. The van der Waals surface area contributed by atoms with E-state index in [2.05, 4.69) is 11.7 Å². The van der Waals surface area contributed by atoms with E-state index in [1.807, 2.05) is 6.08 Å². The molecular formula is C21H17F5O2. The number of alkyl halides is 3. The summed E-state index contributed by atoms with van der Waals surface area (Å²) in [6.45, 7) is 2.12. The molecule has 0 N–H and O–H groups in total. The second-order valence-corrected chi connectivity index (χ2v) is 6.99. The molecule has 28 heavy (non-hydrogen) atoms. The van der Waals surface area contributed by atoms with E-state index in [0.29, 0.717) is 16.9 Å². The minimum Gasteiger partial charge on any atom is -0.450 e. The summed E-state index contributed by atoms with van der Waals surface area (Å²) in [6.07, 6.45) is 0.613. The van der Waals surface area contributed by atoms with Crippen LogP contribution in [0.4, 0.5) is 22.0 Å². The van der Waals surface area contributed by atoms with Gasteiger partial charge in [0.05, 0.1) is 0 Å². The Morgan fingerprint density at radius 3 is 2.32 bits per heavy atom.